The van der Waals surface area contributed by atoms with Gasteiger partial charge in [-0.3, -0.25) is 19.4 Å². The number of guanidine groups is 1. The maximum Gasteiger partial charge on any atom is 0.326 e. The van der Waals surface area contributed by atoms with Gasteiger partial charge >= 0.3 is 5.97 Å². The van der Waals surface area contributed by atoms with Crippen molar-refractivity contribution in [3.63, 3.8) is 0 Å². The number of nitrogens with two attached hydrogens (primary N) is 3. The summed E-state index contributed by atoms with van der Waals surface area (Å²) in [5.74, 6) is -2.84. The summed E-state index contributed by atoms with van der Waals surface area (Å²) < 4.78 is 0. The summed E-state index contributed by atoms with van der Waals surface area (Å²) in [6, 6.07) is 5.02. The molecule has 12 nitrogen and oxygen atoms in total. The number of amides is 3. The van der Waals surface area contributed by atoms with Gasteiger partial charge in [0, 0.05) is 25.3 Å². The molecule has 1 aromatic carbocycles. The second kappa shape index (κ2) is 14.3. The normalized spacial score (nSPS) is 17.5. The monoisotopic (exact) mass is 521 g/mol. The number of hydrogen-bond donors (Lipinski definition) is 7. The number of thiol groups is 1. The van der Waals surface area contributed by atoms with Crippen molar-refractivity contribution in [3.8, 4) is 0 Å². The third-order valence-electron chi connectivity index (χ3n) is 5.84. The van der Waals surface area contributed by atoms with Crippen LogP contribution >= 0.6 is 12.6 Å². The zero-order valence-corrected chi connectivity index (χ0v) is 20.9. The lowest BCUT2D eigenvalue weighted by Crippen LogP contribution is -2.57. The van der Waals surface area contributed by atoms with E-state index in [4.69, 9.17) is 17.2 Å². The number of benzene rings is 1. The van der Waals surface area contributed by atoms with E-state index in [9.17, 15) is 24.3 Å². The Balaban J connectivity index is 1.96. The van der Waals surface area contributed by atoms with Crippen molar-refractivity contribution in [1.29, 1.82) is 0 Å². The predicted octanol–water partition coefficient (Wildman–Crippen LogP) is -1.41. The maximum absolute atomic E-state index is 13.0. The number of rotatable bonds is 13. The molecule has 0 aliphatic carbocycles. The van der Waals surface area contributed by atoms with Crippen LogP contribution in [-0.2, 0) is 25.6 Å². The van der Waals surface area contributed by atoms with E-state index in [1.165, 1.54) is 4.90 Å². The Labute approximate surface area is 215 Å². The Morgan fingerprint density at radius 1 is 1.14 bits per heavy atom. The van der Waals surface area contributed by atoms with Crippen molar-refractivity contribution in [1.82, 2.24) is 15.5 Å². The largest absolute Gasteiger partial charge is 0.480 e. The van der Waals surface area contributed by atoms with E-state index in [-0.39, 0.29) is 24.0 Å². The molecule has 1 aromatic rings. The van der Waals surface area contributed by atoms with E-state index in [1.807, 2.05) is 0 Å². The lowest BCUT2D eigenvalue weighted by molar-refractivity contribution is -0.143. The molecule has 2 rings (SSSR count). The molecule has 13 heteroatoms. The molecular formula is C23H35N7O5S. The zero-order valence-electron chi connectivity index (χ0n) is 20.0. The van der Waals surface area contributed by atoms with Crippen LogP contribution in [0.1, 0.15) is 31.2 Å². The van der Waals surface area contributed by atoms with Gasteiger partial charge in [-0.25, -0.2) is 4.79 Å². The summed E-state index contributed by atoms with van der Waals surface area (Å²) >= 11 is 4.15. The van der Waals surface area contributed by atoms with Gasteiger partial charge < -0.3 is 37.8 Å². The highest BCUT2D eigenvalue weighted by Gasteiger charge is 2.37. The number of carboxylic acids is 1. The van der Waals surface area contributed by atoms with Crippen molar-refractivity contribution in [2.75, 3.05) is 18.8 Å². The van der Waals surface area contributed by atoms with Crippen LogP contribution in [0.4, 0.5) is 0 Å². The first-order valence-electron chi connectivity index (χ1n) is 11.7. The molecule has 0 bridgehead atoms. The van der Waals surface area contributed by atoms with E-state index in [0.717, 1.165) is 5.56 Å². The third kappa shape index (κ3) is 8.72. The first-order chi connectivity index (χ1) is 17.1. The molecule has 3 amide bonds. The summed E-state index contributed by atoms with van der Waals surface area (Å²) in [4.78, 5) is 55.6. The molecule has 1 fully saturated rings. The lowest BCUT2D eigenvalue weighted by Gasteiger charge is -2.28. The highest BCUT2D eigenvalue weighted by atomic mass is 32.1. The molecule has 36 heavy (non-hydrogen) atoms. The van der Waals surface area contributed by atoms with Crippen LogP contribution in [-0.4, -0.2) is 82.7 Å². The van der Waals surface area contributed by atoms with Crippen LogP contribution in [0, 0.1) is 0 Å². The van der Waals surface area contributed by atoms with Crippen LogP contribution in [0.5, 0.6) is 0 Å². The third-order valence-corrected chi connectivity index (χ3v) is 6.20. The van der Waals surface area contributed by atoms with E-state index in [0.29, 0.717) is 38.8 Å². The molecule has 0 spiro atoms. The van der Waals surface area contributed by atoms with Crippen molar-refractivity contribution in [3.05, 3.63) is 35.9 Å². The van der Waals surface area contributed by atoms with Crippen molar-refractivity contribution >= 4 is 42.3 Å². The minimum Gasteiger partial charge on any atom is -0.480 e. The SMILES string of the molecule is NC(N)=NCCCC(N)C(=O)N1CCCC1C(=O)NC(CS)C(=O)NC(Cc1ccccc1)C(=O)O. The summed E-state index contributed by atoms with van der Waals surface area (Å²) in [5, 5.41) is 14.6. The fourth-order valence-electron chi connectivity index (χ4n) is 3.94. The molecule has 1 heterocycles. The van der Waals surface area contributed by atoms with Crippen LogP contribution in [0.15, 0.2) is 35.3 Å². The number of aliphatic imine (C=N–C) groups is 1. The van der Waals surface area contributed by atoms with Gasteiger partial charge in [0.1, 0.15) is 18.1 Å². The van der Waals surface area contributed by atoms with Gasteiger partial charge in [-0.15, -0.1) is 0 Å². The van der Waals surface area contributed by atoms with Crippen molar-refractivity contribution in [2.24, 2.45) is 22.2 Å². The molecular weight excluding hydrogens is 486 g/mol. The van der Waals surface area contributed by atoms with E-state index in [1.54, 1.807) is 30.3 Å². The fraction of sp³-hybridized carbons (Fsp3) is 0.522. The number of nitrogens with one attached hydrogen (secondary N) is 2. The number of likely N-dealkylation sites (tertiary alicyclic amines) is 1. The molecule has 0 saturated carbocycles. The van der Waals surface area contributed by atoms with Crippen LogP contribution in [0.2, 0.25) is 0 Å². The van der Waals surface area contributed by atoms with E-state index >= 15 is 0 Å². The zero-order chi connectivity index (χ0) is 26.7. The number of aliphatic carboxylic acids is 1. The Kier molecular flexibility index (Phi) is 11.5. The van der Waals surface area contributed by atoms with E-state index < -0.39 is 42.0 Å². The molecule has 0 radical (unpaired) electrons. The number of carboxylic acid groups (broad SMARTS) is 1. The number of nitrogens with zero attached hydrogens (tertiary/aromatic N) is 2. The molecule has 1 saturated heterocycles. The summed E-state index contributed by atoms with van der Waals surface area (Å²) in [6.07, 6.45) is 1.97. The molecule has 0 aromatic heterocycles. The van der Waals surface area contributed by atoms with Gasteiger partial charge in [0.25, 0.3) is 0 Å². The predicted molar refractivity (Wildman–Crippen MR) is 138 cm³/mol. The molecule has 198 valence electrons. The van der Waals surface area contributed by atoms with Gasteiger partial charge in [-0.2, -0.15) is 12.6 Å². The number of hydrogen-bond acceptors (Lipinski definition) is 7. The molecule has 1 aliphatic rings. The average molecular weight is 522 g/mol. The standard InChI is InChI=1S/C23H35N7O5S/c24-15(8-4-10-27-23(25)26)21(33)30-11-5-9-18(30)20(32)29-17(13-36)19(31)28-16(22(34)35)12-14-6-2-1-3-7-14/h1-3,6-7,15-18,36H,4-5,8-13,24H2,(H,28,31)(H,29,32)(H,34,35)(H4,25,26,27). The van der Waals surface area contributed by atoms with Crippen LogP contribution in [0.3, 0.4) is 0 Å². The highest BCUT2D eigenvalue weighted by Crippen LogP contribution is 2.19. The van der Waals surface area contributed by atoms with Crippen molar-refractivity contribution < 1.29 is 24.3 Å². The van der Waals surface area contributed by atoms with Gasteiger partial charge in [0.05, 0.1) is 6.04 Å². The average Bonchev–Trinajstić information content (AvgIpc) is 3.34. The molecule has 1 aliphatic heterocycles. The minimum atomic E-state index is -1.20. The maximum atomic E-state index is 13.0. The smallest absolute Gasteiger partial charge is 0.326 e. The summed E-state index contributed by atoms with van der Waals surface area (Å²) in [7, 11) is 0. The Morgan fingerprint density at radius 2 is 1.83 bits per heavy atom. The molecule has 4 atom stereocenters. The Morgan fingerprint density at radius 3 is 2.44 bits per heavy atom. The second-order valence-electron chi connectivity index (χ2n) is 8.58. The lowest BCUT2D eigenvalue weighted by atomic mass is 10.1. The summed E-state index contributed by atoms with van der Waals surface area (Å²) in [6.45, 7) is 0.710. The number of carbonyl (C=O) groups excluding carboxylic acids is 3. The van der Waals surface area contributed by atoms with Crippen molar-refractivity contribution in [2.45, 2.75) is 56.3 Å². The minimum absolute atomic E-state index is 0.0382. The Bertz CT molecular complexity index is 942. The summed E-state index contributed by atoms with van der Waals surface area (Å²) in [5.41, 5.74) is 17.3. The second-order valence-corrected chi connectivity index (χ2v) is 8.94. The first-order valence-corrected chi connectivity index (χ1v) is 12.4. The topological polar surface area (TPSA) is 206 Å². The quantitative estimate of drug-likeness (QED) is 0.0708. The van der Waals surface area contributed by atoms with Crippen LogP contribution in [0.25, 0.3) is 0 Å². The van der Waals surface area contributed by atoms with Gasteiger partial charge in [0.2, 0.25) is 17.7 Å². The number of carbonyl (C=O) groups is 4. The fourth-order valence-corrected chi connectivity index (χ4v) is 4.20. The van der Waals surface area contributed by atoms with Gasteiger partial charge in [0.15, 0.2) is 5.96 Å². The van der Waals surface area contributed by atoms with E-state index in [2.05, 4.69) is 28.3 Å². The van der Waals surface area contributed by atoms with Crippen LogP contribution < -0.4 is 27.8 Å². The van der Waals surface area contributed by atoms with Gasteiger partial charge in [-0.05, 0) is 31.2 Å². The molecule has 9 N–H and O–H groups in total. The first kappa shape index (κ1) is 28.9. The molecule has 4 unspecified atom stereocenters. The van der Waals surface area contributed by atoms with Gasteiger partial charge in [-0.1, -0.05) is 30.3 Å². The Hall–Kier alpha value is -3.32. The highest BCUT2D eigenvalue weighted by molar-refractivity contribution is 7.80.